The number of hydrogen-bond acceptors (Lipinski definition) is 7. The molecule has 2 aliphatic heterocycles. The van der Waals surface area contributed by atoms with Crippen molar-refractivity contribution in [3.05, 3.63) is 54.1 Å². The summed E-state index contributed by atoms with van der Waals surface area (Å²) >= 11 is 0. The molecule has 13 heteroatoms. The molecule has 1 aromatic heterocycles. The van der Waals surface area contributed by atoms with Crippen LogP contribution in [0.5, 0.6) is 0 Å². The van der Waals surface area contributed by atoms with Gasteiger partial charge in [-0.25, -0.2) is 14.2 Å². The van der Waals surface area contributed by atoms with Crippen LogP contribution in [0.3, 0.4) is 0 Å². The Bertz CT molecular complexity index is 1090. The molecule has 2 saturated heterocycles. The third kappa shape index (κ3) is 5.62. The van der Waals surface area contributed by atoms with Crippen molar-refractivity contribution in [2.24, 2.45) is 0 Å². The molecular weight excluding hydrogens is 471 g/mol. The van der Waals surface area contributed by atoms with E-state index >= 15 is 4.39 Å². The molecule has 1 atom stereocenters. The van der Waals surface area contributed by atoms with Gasteiger partial charge >= 0.3 is 12.5 Å². The maximum atomic E-state index is 15.0. The second kappa shape index (κ2) is 10.6. The fourth-order valence-corrected chi connectivity index (χ4v) is 3.74. The Kier molecular flexibility index (Phi) is 7.34. The minimum atomic E-state index is -3.17. The van der Waals surface area contributed by atoms with Crippen LogP contribution < -0.4 is 15.1 Å². The molecule has 0 spiro atoms. The minimum Gasteiger partial charge on any atom is -0.442 e. The molecule has 1 N–H and O–H groups in total. The van der Waals surface area contributed by atoms with Crippen LogP contribution in [0.25, 0.3) is 0 Å². The zero-order chi connectivity index (χ0) is 24.9. The maximum absolute atomic E-state index is 15.0. The molecule has 10 nitrogen and oxygen atoms in total. The number of carbonyl (C=O) groups is 3. The number of pyridine rings is 1. The number of rotatable bonds is 6. The fraction of sp³-hybridized carbons (Fsp3) is 0.364. The van der Waals surface area contributed by atoms with Gasteiger partial charge in [-0.15, -0.1) is 0 Å². The van der Waals surface area contributed by atoms with E-state index in [-0.39, 0.29) is 43.5 Å². The van der Waals surface area contributed by atoms with Crippen LogP contribution >= 0.6 is 0 Å². The molecule has 2 aromatic rings. The molecular formula is C22H22F3N5O5. The molecule has 2 fully saturated rings. The van der Waals surface area contributed by atoms with Gasteiger partial charge in [0.25, 0.3) is 11.8 Å². The highest BCUT2D eigenvalue weighted by Gasteiger charge is 2.33. The molecule has 0 saturated carbocycles. The summed E-state index contributed by atoms with van der Waals surface area (Å²) in [5.74, 6) is -2.38. The third-order valence-corrected chi connectivity index (χ3v) is 5.49. The van der Waals surface area contributed by atoms with E-state index in [0.717, 1.165) is 4.90 Å². The number of carbonyl (C=O) groups excluding carboxylic acids is 3. The monoisotopic (exact) mass is 493 g/mol. The van der Waals surface area contributed by atoms with Crippen LogP contribution in [0.2, 0.25) is 0 Å². The van der Waals surface area contributed by atoms with Crippen LogP contribution in [0, 0.1) is 5.82 Å². The number of nitrogens with one attached hydrogen (secondary N) is 1. The van der Waals surface area contributed by atoms with Gasteiger partial charge in [0.1, 0.15) is 11.9 Å². The van der Waals surface area contributed by atoms with Crippen LogP contribution in [0.4, 0.5) is 29.3 Å². The number of ether oxygens (including phenoxy) is 1. The minimum absolute atomic E-state index is 0.0369. The zero-order valence-electron chi connectivity index (χ0n) is 18.4. The van der Waals surface area contributed by atoms with E-state index in [1.807, 2.05) is 5.32 Å². The van der Waals surface area contributed by atoms with Gasteiger partial charge in [0.15, 0.2) is 0 Å². The lowest BCUT2D eigenvalue weighted by Crippen LogP contribution is -2.37. The zero-order valence-corrected chi connectivity index (χ0v) is 18.4. The predicted molar refractivity (Wildman–Crippen MR) is 116 cm³/mol. The molecule has 35 heavy (non-hydrogen) atoms. The van der Waals surface area contributed by atoms with E-state index in [2.05, 4.69) is 4.98 Å². The Hall–Kier alpha value is -3.87. The first kappa shape index (κ1) is 24.3. The Balaban J connectivity index is 1.38. The lowest BCUT2D eigenvalue weighted by Gasteiger charge is -2.24. The number of benzene rings is 1. The first-order valence-corrected chi connectivity index (χ1v) is 10.8. The number of aromatic nitrogens is 1. The number of hydrogen-bond donors (Lipinski definition) is 1. The SMILES string of the molecule is O=C(NC[C@H]1CN(c2ccc(N3CCON(C(=O)c4ccncc4)CC3)c(F)c2)C(=O)O1)C(F)F. The molecule has 2 aliphatic rings. The molecule has 0 aliphatic carbocycles. The summed E-state index contributed by atoms with van der Waals surface area (Å²) in [7, 11) is 0. The van der Waals surface area contributed by atoms with Gasteiger partial charge in [-0.3, -0.25) is 24.3 Å². The summed E-state index contributed by atoms with van der Waals surface area (Å²) in [6, 6.07) is 7.36. The fourth-order valence-electron chi connectivity index (χ4n) is 3.74. The van der Waals surface area contributed by atoms with E-state index in [1.54, 1.807) is 17.0 Å². The number of anilines is 2. The summed E-state index contributed by atoms with van der Waals surface area (Å²) in [5, 5.41) is 3.22. The molecule has 4 rings (SSSR count). The number of hydroxylamine groups is 2. The highest BCUT2D eigenvalue weighted by atomic mass is 19.3. The van der Waals surface area contributed by atoms with E-state index < -0.39 is 30.3 Å². The maximum Gasteiger partial charge on any atom is 0.414 e. The number of cyclic esters (lactones) is 1. The number of amides is 3. The van der Waals surface area contributed by atoms with Crippen LogP contribution in [-0.2, 0) is 14.4 Å². The lowest BCUT2D eigenvalue weighted by molar-refractivity contribution is -0.132. The molecule has 0 bridgehead atoms. The van der Waals surface area contributed by atoms with Gasteiger partial charge in [-0.05, 0) is 30.3 Å². The molecule has 186 valence electrons. The summed E-state index contributed by atoms with van der Waals surface area (Å²) in [6.07, 6.45) is -1.78. The van der Waals surface area contributed by atoms with Gasteiger partial charge in [0.2, 0.25) is 0 Å². The second-order valence-corrected chi connectivity index (χ2v) is 7.76. The molecule has 1 aromatic carbocycles. The lowest BCUT2D eigenvalue weighted by atomic mass is 10.2. The van der Waals surface area contributed by atoms with E-state index in [9.17, 15) is 23.2 Å². The second-order valence-electron chi connectivity index (χ2n) is 7.76. The van der Waals surface area contributed by atoms with Gasteiger partial charge in [-0.1, -0.05) is 0 Å². The van der Waals surface area contributed by atoms with Crippen molar-refractivity contribution in [2.45, 2.75) is 12.5 Å². The average molecular weight is 493 g/mol. The van der Waals surface area contributed by atoms with Gasteiger partial charge in [0.05, 0.1) is 37.6 Å². The number of nitrogens with zero attached hydrogens (tertiary/aromatic N) is 4. The highest BCUT2D eigenvalue weighted by Crippen LogP contribution is 2.28. The highest BCUT2D eigenvalue weighted by molar-refractivity contribution is 5.93. The van der Waals surface area contributed by atoms with Gasteiger partial charge in [-0.2, -0.15) is 8.78 Å². The predicted octanol–water partition coefficient (Wildman–Crippen LogP) is 1.82. The van der Waals surface area contributed by atoms with Crippen molar-refractivity contribution >= 4 is 29.3 Å². The smallest absolute Gasteiger partial charge is 0.414 e. The third-order valence-electron chi connectivity index (χ3n) is 5.49. The van der Waals surface area contributed by atoms with Crippen LogP contribution in [0.15, 0.2) is 42.7 Å². The molecule has 0 unspecified atom stereocenters. The summed E-state index contributed by atoms with van der Waals surface area (Å²) in [5.41, 5.74) is 0.914. The van der Waals surface area contributed by atoms with Crippen molar-refractivity contribution < 1.29 is 37.1 Å². The van der Waals surface area contributed by atoms with Crippen LogP contribution in [-0.4, -0.2) is 79.8 Å². The Labute approximate surface area is 198 Å². The largest absolute Gasteiger partial charge is 0.442 e. The van der Waals surface area contributed by atoms with E-state index in [1.165, 1.54) is 35.7 Å². The number of halogens is 3. The first-order chi connectivity index (χ1) is 16.8. The molecule has 3 amide bonds. The van der Waals surface area contributed by atoms with Crippen LogP contribution in [0.1, 0.15) is 10.4 Å². The first-order valence-electron chi connectivity index (χ1n) is 10.8. The van der Waals surface area contributed by atoms with Crippen molar-refractivity contribution in [2.75, 3.05) is 49.1 Å². The van der Waals surface area contributed by atoms with Crippen molar-refractivity contribution in [1.82, 2.24) is 15.4 Å². The molecule has 3 heterocycles. The van der Waals surface area contributed by atoms with Gasteiger partial charge in [0, 0.05) is 31.0 Å². The van der Waals surface area contributed by atoms with Crippen molar-refractivity contribution in [3.63, 3.8) is 0 Å². The van der Waals surface area contributed by atoms with E-state index in [0.29, 0.717) is 18.7 Å². The van der Waals surface area contributed by atoms with Crippen molar-refractivity contribution in [1.29, 1.82) is 0 Å². The Morgan fingerprint density at radius 3 is 2.63 bits per heavy atom. The average Bonchev–Trinajstić information content (AvgIpc) is 3.06. The molecule has 0 radical (unpaired) electrons. The normalized spacial score (nSPS) is 18.5. The quantitative estimate of drug-likeness (QED) is 0.655. The summed E-state index contributed by atoms with van der Waals surface area (Å²) in [4.78, 5) is 48.1. The van der Waals surface area contributed by atoms with Gasteiger partial charge < -0.3 is 15.0 Å². The Morgan fingerprint density at radius 1 is 1.14 bits per heavy atom. The number of alkyl halides is 2. The summed E-state index contributed by atoms with van der Waals surface area (Å²) < 4.78 is 44.7. The Morgan fingerprint density at radius 2 is 1.91 bits per heavy atom. The van der Waals surface area contributed by atoms with Crippen molar-refractivity contribution in [3.8, 4) is 0 Å². The summed E-state index contributed by atoms with van der Waals surface area (Å²) in [6.45, 7) is 0.674. The standard InChI is InChI=1S/C22H22F3N5O5/c23-17-11-15(29-13-16(35-22(29)33)12-27-20(31)19(24)25)1-2-18(17)28-7-8-30(34-10-9-28)21(32)14-3-5-26-6-4-14/h1-6,11,16,19H,7-10,12-13H2,(H,27,31)/t16-/m0/s1. The topological polar surface area (TPSA) is 104 Å². The van der Waals surface area contributed by atoms with E-state index in [4.69, 9.17) is 9.57 Å².